The number of halogens is 2. The van der Waals surface area contributed by atoms with Gasteiger partial charge < -0.3 is 20.1 Å². The second-order valence-corrected chi connectivity index (χ2v) is 6.08. The Morgan fingerprint density at radius 1 is 1.15 bits per heavy atom. The minimum absolute atomic E-state index is 0.206. The molecule has 2 rings (SSSR count). The molecule has 146 valence electrons. The lowest BCUT2D eigenvalue weighted by molar-refractivity contribution is 0.275. The molecule has 0 aromatic heterocycles. The SMILES string of the molecule is CCNC(=NCc1ccc(F)c(CO)c1)N(C)Cc1ccc(OC)c(F)c1. The van der Waals surface area contributed by atoms with E-state index in [4.69, 9.17) is 4.74 Å². The zero-order valence-electron chi connectivity index (χ0n) is 15.8. The van der Waals surface area contributed by atoms with Gasteiger partial charge >= 0.3 is 0 Å². The van der Waals surface area contributed by atoms with E-state index in [-0.39, 0.29) is 17.9 Å². The third-order valence-corrected chi connectivity index (χ3v) is 4.02. The maximum Gasteiger partial charge on any atom is 0.194 e. The number of aliphatic hydroxyl groups is 1. The molecule has 27 heavy (non-hydrogen) atoms. The molecule has 0 saturated heterocycles. The van der Waals surface area contributed by atoms with Crippen molar-refractivity contribution < 1.29 is 18.6 Å². The molecule has 0 atom stereocenters. The van der Waals surface area contributed by atoms with E-state index >= 15 is 0 Å². The maximum atomic E-state index is 13.9. The number of rotatable bonds is 7. The number of aliphatic hydroxyl groups excluding tert-OH is 1. The number of methoxy groups -OCH3 is 1. The molecule has 0 aliphatic carbocycles. The first-order valence-electron chi connectivity index (χ1n) is 8.68. The van der Waals surface area contributed by atoms with Gasteiger partial charge in [-0.25, -0.2) is 13.8 Å². The zero-order valence-corrected chi connectivity index (χ0v) is 15.8. The zero-order chi connectivity index (χ0) is 19.8. The largest absolute Gasteiger partial charge is 0.494 e. The summed E-state index contributed by atoms with van der Waals surface area (Å²) in [6, 6.07) is 9.40. The first kappa shape index (κ1) is 20.6. The van der Waals surface area contributed by atoms with Gasteiger partial charge in [0.1, 0.15) is 5.82 Å². The highest BCUT2D eigenvalue weighted by molar-refractivity contribution is 5.79. The van der Waals surface area contributed by atoms with E-state index in [0.29, 0.717) is 25.6 Å². The van der Waals surface area contributed by atoms with Gasteiger partial charge in [-0.15, -0.1) is 0 Å². The number of hydrogen-bond acceptors (Lipinski definition) is 3. The van der Waals surface area contributed by atoms with Crippen molar-refractivity contribution in [2.24, 2.45) is 4.99 Å². The summed E-state index contributed by atoms with van der Waals surface area (Å²) in [7, 11) is 3.28. The quantitative estimate of drug-likeness (QED) is 0.575. The van der Waals surface area contributed by atoms with Crippen molar-refractivity contribution in [1.82, 2.24) is 10.2 Å². The van der Waals surface area contributed by atoms with Crippen LogP contribution >= 0.6 is 0 Å². The summed E-state index contributed by atoms with van der Waals surface area (Å²) >= 11 is 0. The molecular formula is C20H25F2N3O2. The number of ether oxygens (including phenoxy) is 1. The van der Waals surface area contributed by atoms with Crippen LogP contribution in [0.25, 0.3) is 0 Å². The Balaban J connectivity index is 2.12. The van der Waals surface area contributed by atoms with E-state index in [2.05, 4.69) is 10.3 Å². The molecule has 2 aromatic rings. The predicted octanol–water partition coefficient (Wildman–Crippen LogP) is 3.06. The molecule has 0 heterocycles. The molecule has 0 amide bonds. The average molecular weight is 377 g/mol. The van der Waals surface area contributed by atoms with Crippen molar-refractivity contribution in [3.8, 4) is 5.75 Å². The van der Waals surface area contributed by atoms with Gasteiger partial charge in [0.15, 0.2) is 17.5 Å². The van der Waals surface area contributed by atoms with Crippen LogP contribution in [0.15, 0.2) is 41.4 Å². The molecule has 0 fully saturated rings. The van der Waals surface area contributed by atoms with Gasteiger partial charge in [0, 0.05) is 25.7 Å². The lowest BCUT2D eigenvalue weighted by Crippen LogP contribution is -2.38. The third kappa shape index (κ3) is 5.65. The van der Waals surface area contributed by atoms with Gasteiger partial charge in [0.2, 0.25) is 0 Å². The first-order chi connectivity index (χ1) is 13.0. The minimum Gasteiger partial charge on any atom is -0.494 e. The van der Waals surface area contributed by atoms with E-state index in [9.17, 15) is 13.9 Å². The molecular weight excluding hydrogens is 352 g/mol. The van der Waals surface area contributed by atoms with E-state index in [1.165, 1.54) is 19.2 Å². The van der Waals surface area contributed by atoms with Gasteiger partial charge in [0.05, 0.1) is 20.3 Å². The van der Waals surface area contributed by atoms with Crippen LogP contribution in [0, 0.1) is 11.6 Å². The fourth-order valence-electron chi connectivity index (χ4n) is 2.64. The molecule has 2 N–H and O–H groups in total. The standard InChI is InChI=1S/C20H25F2N3O2/c1-4-23-20(24-11-14-5-7-17(21)16(9-14)13-26)25(2)12-15-6-8-19(27-3)18(22)10-15/h5-10,26H,4,11-13H2,1-3H3,(H,23,24). The monoisotopic (exact) mass is 377 g/mol. The number of nitrogens with one attached hydrogen (secondary N) is 1. The fourth-order valence-corrected chi connectivity index (χ4v) is 2.64. The van der Waals surface area contributed by atoms with Crippen molar-refractivity contribution in [3.63, 3.8) is 0 Å². The molecule has 5 nitrogen and oxygen atoms in total. The summed E-state index contributed by atoms with van der Waals surface area (Å²) in [5.41, 5.74) is 1.82. The van der Waals surface area contributed by atoms with Crippen LogP contribution in [0.3, 0.4) is 0 Å². The van der Waals surface area contributed by atoms with E-state index in [1.54, 1.807) is 24.3 Å². The van der Waals surface area contributed by atoms with Crippen LogP contribution in [0.2, 0.25) is 0 Å². The van der Waals surface area contributed by atoms with E-state index < -0.39 is 11.6 Å². The highest BCUT2D eigenvalue weighted by atomic mass is 19.1. The topological polar surface area (TPSA) is 57.1 Å². The number of hydrogen-bond donors (Lipinski definition) is 2. The summed E-state index contributed by atoms with van der Waals surface area (Å²) < 4.78 is 32.3. The molecule has 7 heteroatoms. The van der Waals surface area contributed by atoms with E-state index in [0.717, 1.165) is 11.1 Å². The molecule has 0 bridgehead atoms. The highest BCUT2D eigenvalue weighted by Gasteiger charge is 2.10. The second kappa shape index (κ2) is 9.87. The lowest BCUT2D eigenvalue weighted by atomic mass is 10.1. The van der Waals surface area contributed by atoms with Crippen LogP contribution in [0.1, 0.15) is 23.6 Å². The Bertz CT molecular complexity index is 797. The Morgan fingerprint density at radius 2 is 1.89 bits per heavy atom. The number of guanidine groups is 1. The number of aliphatic imine (C=N–C) groups is 1. The fraction of sp³-hybridized carbons (Fsp3) is 0.350. The summed E-state index contributed by atoms with van der Waals surface area (Å²) in [6.45, 7) is 3.06. The van der Waals surface area contributed by atoms with Crippen LogP contribution < -0.4 is 10.1 Å². The van der Waals surface area contributed by atoms with Crippen molar-refractivity contribution in [1.29, 1.82) is 0 Å². The average Bonchev–Trinajstić information content (AvgIpc) is 2.66. The van der Waals surface area contributed by atoms with Crippen molar-refractivity contribution in [3.05, 3.63) is 64.7 Å². The van der Waals surface area contributed by atoms with Gasteiger partial charge in [-0.1, -0.05) is 12.1 Å². The summed E-state index contributed by atoms with van der Waals surface area (Å²) in [4.78, 5) is 6.43. The predicted molar refractivity (Wildman–Crippen MR) is 102 cm³/mol. The van der Waals surface area contributed by atoms with Crippen LogP contribution in [-0.4, -0.2) is 36.7 Å². The molecule has 0 aliphatic heterocycles. The Hall–Kier alpha value is -2.67. The lowest BCUT2D eigenvalue weighted by Gasteiger charge is -2.22. The third-order valence-electron chi connectivity index (χ3n) is 4.02. The Labute approximate surface area is 158 Å². The summed E-state index contributed by atoms with van der Waals surface area (Å²) in [5, 5.41) is 12.4. The first-order valence-corrected chi connectivity index (χ1v) is 8.68. The summed E-state index contributed by atoms with van der Waals surface area (Å²) in [5.74, 6) is 0.00513. The number of benzene rings is 2. The minimum atomic E-state index is -0.434. The van der Waals surface area contributed by atoms with Crippen LogP contribution in [0.4, 0.5) is 8.78 Å². The van der Waals surface area contributed by atoms with Gasteiger partial charge in [-0.2, -0.15) is 0 Å². The van der Waals surface area contributed by atoms with Gasteiger partial charge in [-0.3, -0.25) is 0 Å². The highest BCUT2D eigenvalue weighted by Crippen LogP contribution is 2.18. The normalized spacial score (nSPS) is 11.4. The molecule has 2 aromatic carbocycles. The second-order valence-electron chi connectivity index (χ2n) is 6.08. The number of nitrogens with zero attached hydrogens (tertiary/aromatic N) is 2. The summed E-state index contributed by atoms with van der Waals surface area (Å²) in [6.07, 6.45) is 0. The van der Waals surface area contributed by atoms with Crippen molar-refractivity contribution in [2.75, 3.05) is 20.7 Å². The molecule has 0 spiro atoms. The molecule has 0 unspecified atom stereocenters. The van der Waals surface area contributed by atoms with E-state index in [1.807, 2.05) is 18.9 Å². The molecule has 0 saturated carbocycles. The van der Waals surface area contributed by atoms with Crippen molar-refractivity contribution >= 4 is 5.96 Å². The van der Waals surface area contributed by atoms with Crippen molar-refractivity contribution in [2.45, 2.75) is 26.6 Å². The van der Waals surface area contributed by atoms with Crippen LogP contribution in [0.5, 0.6) is 5.75 Å². The molecule has 0 radical (unpaired) electrons. The Morgan fingerprint density at radius 3 is 2.52 bits per heavy atom. The maximum absolute atomic E-state index is 13.9. The smallest absolute Gasteiger partial charge is 0.194 e. The van der Waals surface area contributed by atoms with Gasteiger partial charge in [-0.05, 0) is 42.3 Å². The molecule has 0 aliphatic rings. The Kier molecular flexibility index (Phi) is 7.55. The van der Waals surface area contributed by atoms with Gasteiger partial charge in [0.25, 0.3) is 0 Å². The van der Waals surface area contributed by atoms with Crippen LogP contribution in [-0.2, 0) is 19.7 Å².